The number of esters is 1. The number of amides is 1. The summed E-state index contributed by atoms with van der Waals surface area (Å²) in [5.41, 5.74) is 2.86. The predicted octanol–water partition coefficient (Wildman–Crippen LogP) is 2.41. The van der Waals surface area contributed by atoms with E-state index in [1.165, 1.54) is 7.11 Å². The Morgan fingerprint density at radius 2 is 1.65 bits per heavy atom. The van der Waals surface area contributed by atoms with Gasteiger partial charge in [-0.05, 0) is 23.6 Å². The number of carbonyl (C=O) groups is 2. The van der Waals surface area contributed by atoms with Crippen molar-refractivity contribution in [3.63, 3.8) is 0 Å². The first-order valence-electron chi connectivity index (χ1n) is 7.25. The average molecular weight is 313 g/mol. The van der Waals surface area contributed by atoms with Gasteiger partial charge in [0.1, 0.15) is 6.61 Å². The predicted molar refractivity (Wildman–Crippen MR) is 87.2 cm³/mol. The molecule has 2 rings (SSSR count). The number of rotatable bonds is 7. The molecule has 120 valence electrons. The molecule has 0 aromatic heterocycles. The Hall–Kier alpha value is -2.66. The zero-order valence-electron chi connectivity index (χ0n) is 13.0. The van der Waals surface area contributed by atoms with Gasteiger partial charge in [-0.1, -0.05) is 48.5 Å². The van der Waals surface area contributed by atoms with Gasteiger partial charge >= 0.3 is 5.97 Å². The Kier molecular flexibility index (Phi) is 6.32. The number of hydrogen-bond donors (Lipinski definition) is 1. The Labute approximate surface area is 135 Å². The number of anilines is 1. The van der Waals surface area contributed by atoms with Crippen LogP contribution in [0.1, 0.15) is 11.1 Å². The van der Waals surface area contributed by atoms with E-state index in [0.717, 1.165) is 11.1 Å². The van der Waals surface area contributed by atoms with Gasteiger partial charge < -0.3 is 14.8 Å². The summed E-state index contributed by atoms with van der Waals surface area (Å²) < 4.78 is 9.43. The molecule has 0 fully saturated rings. The van der Waals surface area contributed by atoms with Crippen LogP contribution in [-0.4, -0.2) is 32.2 Å². The van der Waals surface area contributed by atoms with E-state index >= 15 is 0 Å². The van der Waals surface area contributed by atoms with Crippen molar-refractivity contribution in [2.75, 3.05) is 25.6 Å². The molecule has 0 bridgehead atoms. The van der Waals surface area contributed by atoms with Gasteiger partial charge in [0, 0.05) is 12.8 Å². The van der Waals surface area contributed by atoms with Crippen LogP contribution in [-0.2, 0) is 25.5 Å². The molecule has 0 aliphatic heterocycles. The van der Waals surface area contributed by atoms with Crippen LogP contribution < -0.4 is 5.32 Å². The smallest absolute Gasteiger partial charge is 0.332 e. The van der Waals surface area contributed by atoms with Crippen molar-refractivity contribution < 1.29 is 19.1 Å². The monoisotopic (exact) mass is 313 g/mol. The summed E-state index contributed by atoms with van der Waals surface area (Å²) in [7, 11) is 1.39. The molecule has 5 heteroatoms. The van der Waals surface area contributed by atoms with E-state index in [-0.39, 0.29) is 19.1 Å². The van der Waals surface area contributed by atoms with Gasteiger partial charge in [0.05, 0.1) is 0 Å². The normalized spacial score (nSPS) is 10.1. The van der Waals surface area contributed by atoms with Crippen LogP contribution in [0.25, 0.3) is 0 Å². The van der Waals surface area contributed by atoms with Gasteiger partial charge in [-0.25, -0.2) is 4.79 Å². The van der Waals surface area contributed by atoms with E-state index in [1.54, 1.807) is 0 Å². The molecule has 2 aromatic carbocycles. The van der Waals surface area contributed by atoms with Crippen LogP contribution in [0.15, 0.2) is 54.6 Å². The third-order valence-corrected chi connectivity index (χ3v) is 3.16. The molecule has 1 N–H and O–H groups in total. The third kappa shape index (κ3) is 5.56. The van der Waals surface area contributed by atoms with Gasteiger partial charge in [-0.3, -0.25) is 4.79 Å². The quantitative estimate of drug-likeness (QED) is 0.797. The van der Waals surface area contributed by atoms with Crippen molar-refractivity contribution in [1.82, 2.24) is 0 Å². The molecule has 0 aliphatic carbocycles. The number of methoxy groups -OCH3 is 1. The van der Waals surface area contributed by atoms with Gasteiger partial charge in [-0.15, -0.1) is 0 Å². The average Bonchev–Trinajstić information content (AvgIpc) is 2.56. The first-order chi connectivity index (χ1) is 11.2. The Morgan fingerprint density at radius 3 is 2.39 bits per heavy atom. The van der Waals surface area contributed by atoms with Crippen LogP contribution in [0.2, 0.25) is 0 Å². The SMILES string of the molecule is COCC(=O)OCC(=O)Nc1ccccc1Cc1ccccc1. The molecular formula is C18H19NO4. The number of carbonyl (C=O) groups excluding carboxylic acids is 2. The van der Waals surface area contributed by atoms with E-state index in [4.69, 9.17) is 4.74 Å². The molecule has 0 heterocycles. The highest BCUT2D eigenvalue weighted by atomic mass is 16.6. The lowest BCUT2D eigenvalue weighted by atomic mass is 10.0. The van der Waals surface area contributed by atoms with Crippen molar-refractivity contribution >= 4 is 17.6 Å². The van der Waals surface area contributed by atoms with Gasteiger partial charge in [0.2, 0.25) is 0 Å². The summed E-state index contributed by atoms with van der Waals surface area (Å²) in [6, 6.07) is 17.5. The van der Waals surface area contributed by atoms with Crippen molar-refractivity contribution in [2.45, 2.75) is 6.42 Å². The molecule has 0 spiro atoms. The summed E-state index contributed by atoms with van der Waals surface area (Å²) in [6.07, 6.45) is 0.709. The number of benzene rings is 2. The number of hydrogen-bond acceptors (Lipinski definition) is 4. The van der Waals surface area contributed by atoms with Gasteiger partial charge in [0.25, 0.3) is 5.91 Å². The van der Waals surface area contributed by atoms with Crippen LogP contribution in [0.3, 0.4) is 0 Å². The zero-order chi connectivity index (χ0) is 16.5. The maximum absolute atomic E-state index is 11.9. The molecule has 1 amide bonds. The largest absolute Gasteiger partial charge is 0.454 e. The van der Waals surface area contributed by atoms with E-state index in [1.807, 2.05) is 54.6 Å². The molecule has 5 nitrogen and oxygen atoms in total. The van der Waals surface area contributed by atoms with E-state index < -0.39 is 5.97 Å². The molecular weight excluding hydrogens is 294 g/mol. The third-order valence-electron chi connectivity index (χ3n) is 3.16. The minimum Gasteiger partial charge on any atom is -0.454 e. The van der Waals surface area contributed by atoms with Gasteiger partial charge in [-0.2, -0.15) is 0 Å². The summed E-state index contributed by atoms with van der Waals surface area (Å²) in [6.45, 7) is -0.500. The first kappa shape index (κ1) is 16.7. The Bertz CT molecular complexity index is 655. The molecule has 0 unspecified atom stereocenters. The maximum atomic E-state index is 11.9. The molecule has 0 saturated heterocycles. The van der Waals surface area contributed by atoms with E-state index in [0.29, 0.717) is 12.1 Å². The van der Waals surface area contributed by atoms with Crippen LogP contribution >= 0.6 is 0 Å². The van der Waals surface area contributed by atoms with Crippen molar-refractivity contribution in [2.24, 2.45) is 0 Å². The zero-order valence-corrected chi connectivity index (χ0v) is 13.0. The topological polar surface area (TPSA) is 64.6 Å². The highest BCUT2D eigenvalue weighted by Crippen LogP contribution is 2.19. The molecule has 0 aliphatic rings. The molecule has 0 radical (unpaired) electrons. The standard InChI is InChI=1S/C18H19NO4/c1-22-13-18(21)23-12-17(20)19-16-10-6-5-9-15(16)11-14-7-3-2-4-8-14/h2-10H,11-13H2,1H3,(H,19,20). The van der Waals surface area contributed by atoms with Crippen molar-refractivity contribution in [3.8, 4) is 0 Å². The van der Waals surface area contributed by atoms with E-state index in [9.17, 15) is 9.59 Å². The number of nitrogens with one attached hydrogen (secondary N) is 1. The molecule has 2 aromatic rings. The Balaban J connectivity index is 1.97. The Morgan fingerprint density at radius 1 is 0.957 bits per heavy atom. The fourth-order valence-electron chi connectivity index (χ4n) is 2.10. The number of para-hydroxylation sites is 1. The van der Waals surface area contributed by atoms with Crippen LogP contribution in [0.4, 0.5) is 5.69 Å². The minimum absolute atomic E-state index is 0.169. The van der Waals surface area contributed by atoms with Crippen LogP contribution in [0.5, 0.6) is 0 Å². The number of ether oxygens (including phenoxy) is 2. The highest BCUT2D eigenvalue weighted by molar-refractivity contribution is 5.93. The highest BCUT2D eigenvalue weighted by Gasteiger charge is 2.10. The summed E-state index contributed by atoms with van der Waals surface area (Å²) in [4.78, 5) is 23.1. The molecule has 0 atom stereocenters. The minimum atomic E-state index is -0.569. The summed E-state index contributed by atoms with van der Waals surface area (Å²) in [5, 5.41) is 2.77. The van der Waals surface area contributed by atoms with E-state index in [2.05, 4.69) is 10.1 Å². The second-order valence-corrected chi connectivity index (χ2v) is 4.96. The van der Waals surface area contributed by atoms with Crippen molar-refractivity contribution in [1.29, 1.82) is 0 Å². The van der Waals surface area contributed by atoms with Gasteiger partial charge in [0.15, 0.2) is 6.61 Å². The lowest BCUT2D eigenvalue weighted by Gasteiger charge is -2.11. The second kappa shape index (κ2) is 8.70. The van der Waals surface area contributed by atoms with Crippen LogP contribution in [0, 0.1) is 0 Å². The second-order valence-electron chi connectivity index (χ2n) is 4.96. The molecule has 0 saturated carbocycles. The lowest BCUT2D eigenvalue weighted by molar-refractivity contribution is -0.150. The summed E-state index contributed by atoms with van der Waals surface area (Å²) in [5.74, 6) is -0.949. The molecule has 23 heavy (non-hydrogen) atoms. The maximum Gasteiger partial charge on any atom is 0.332 e. The fraction of sp³-hybridized carbons (Fsp3) is 0.222. The first-order valence-corrected chi connectivity index (χ1v) is 7.25. The van der Waals surface area contributed by atoms with Crippen molar-refractivity contribution in [3.05, 3.63) is 65.7 Å². The summed E-state index contributed by atoms with van der Waals surface area (Å²) >= 11 is 0. The fourth-order valence-corrected chi connectivity index (χ4v) is 2.10. The lowest BCUT2D eigenvalue weighted by Crippen LogP contribution is -2.23.